The third-order valence-electron chi connectivity index (χ3n) is 8.39. The lowest BCUT2D eigenvalue weighted by molar-refractivity contribution is 1.08. The number of rotatable bonds is 5. The van der Waals surface area contributed by atoms with E-state index in [4.69, 9.17) is 21.8 Å². The molecular formula is C43H27N3S. The molecule has 220 valence electrons. The first-order valence-corrected chi connectivity index (χ1v) is 16.1. The molecule has 0 atom stereocenters. The minimum absolute atomic E-state index is 0.173. The van der Waals surface area contributed by atoms with E-state index in [1.165, 1.54) is 11.3 Å². The fourth-order valence-electron chi connectivity index (χ4n) is 6.15. The van der Waals surface area contributed by atoms with Crippen LogP contribution in [0.3, 0.4) is 0 Å². The molecule has 0 amide bonds. The second-order valence-corrected chi connectivity index (χ2v) is 12.3. The van der Waals surface area contributed by atoms with Gasteiger partial charge in [0.2, 0.25) is 0 Å². The molecule has 0 aliphatic carbocycles. The van der Waals surface area contributed by atoms with Gasteiger partial charge in [-0.25, -0.2) is 15.0 Å². The van der Waals surface area contributed by atoms with Crippen molar-refractivity contribution in [1.29, 1.82) is 0 Å². The van der Waals surface area contributed by atoms with Crippen molar-refractivity contribution in [1.82, 2.24) is 15.0 Å². The number of hydrogen-bond donors (Lipinski definition) is 0. The van der Waals surface area contributed by atoms with Crippen molar-refractivity contribution in [3.8, 4) is 56.4 Å². The van der Waals surface area contributed by atoms with Crippen LogP contribution in [0.5, 0.6) is 0 Å². The van der Waals surface area contributed by atoms with Crippen LogP contribution < -0.4 is 0 Å². The Hall–Kier alpha value is -5.97. The molecule has 9 rings (SSSR count). The Morgan fingerprint density at radius 3 is 1.91 bits per heavy atom. The second-order valence-electron chi connectivity index (χ2n) is 11.3. The lowest BCUT2D eigenvalue weighted by Gasteiger charge is -2.11. The van der Waals surface area contributed by atoms with Gasteiger partial charge in [-0.15, -0.1) is 11.3 Å². The first-order chi connectivity index (χ1) is 25.4. The summed E-state index contributed by atoms with van der Waals surface area (Å²) < 4.78 is 44.7. The van der Waals surface area contributed by atoms with E-state index < -0.39 is 6.04 Å². The third-order valence-corrected chi connectivity index (χ3v) is 9.59. The van der Waals surface area contributed by atoms with Crippen LogP contribution >= 0.6 is 11.3 Å². The van der Waals surface area contributed by atoms with Gasteiger partial charge in [0, 0.05) is 42.4 Å². The molecule has 0 bridgehead atoms. The molecule has 0 N–H and O–H groups in total. The summed E-state index contributed by atoms with van der Waals surface area (Å²) in [6.45, 7) is 0. The number of aromatic nitrogens is 3. The highest BCUT2D eigenvalue weighted by Gasteiger charge is 2.19. The van der Waals surface area contributed by atoms with Crippen molar-refractivity contribution >= 4 is 42.3 Å². The molecule has 0 aliphatic rings. The van der Waals surface area contributed by atoms with Gasteiger partial charge >= 0.3 is 0 Å². The van der Waals surface area contributed by atoms with Gasteiger partial charge < -0.3 is 0 Å². The summed E-state index contributed by atoms with van der Waals surface area (Å²) in [4.78, 5) is 15.2. The van der Waals surface area contributed by atoms with Crippen LogP contribution in [0, 0.1) is 0 Å². The van der Waals surface area contributed by atoms with Crippen LogP contribution in [0.4, 0.5) is 0 Å². The lowest BCUT2D eigenvalue weighted by atomic mass is 9.95. The maximum atomic E-state index is 8.90. The molecule has 0 radical (unpaired) electrons. The molecule has 0 fully saturated rings. The molecule has 0 aliphatic heterocycles. The fourth-order valence-corrected chi connectivity index (χ4v) is 7.38. The Balaban J connectivity index is 1.35. The first-order valence-electron chi connectivity index (χ1n) is 17.8. The van der Waals surface area contributed by atoms with E-state index in [9.17, 15) is 0 Å². The van der Waals surface area contributed by atoms with Gasteiger partial charge in [0.25, 0.3) is 0 Å². The van der Waals surface area contributed by atoms with Gasteiger partial charge in [-0.2, -0.15) is 0 Å². The monoisotopic (exact) mass is 622 g/mol. The summed E-state index contributed by atoms with van der Waals surface area (Å²) in [6.07, 6.45) is 0. The lowest BCUT2D eigenvalue weighted by Crippen LogP contribution is -2.00. The predicted octanol–water partition coefficient (Wildman–Crippen LogP) is 11.7. The quantitative estimate of drug-likeness (QED) is 0.192. The molecule has 0 saturated carbocycles. The van der Waals surface area contributed by atoms with E-state index in [0.29, 0.717) is 23.0 Å². The van der Waals surface area contributed by atoms with Crippen LogP contribution in [0.25, 0.3) is 87.4 Å². The van der Waals surface area contributed by atoms with Gasteiger partial charge in [-0.1, -0.05) is 139 Å². The SMILES string of the molecule is [2H]c1c([2H])c([2H])c(-c2cc(-c3ccccc3)cc3c2sc2cccc(-c4nc(-c5ccccc5)nc(-c5ccc6ccccc6c5)n4)c23)c([2H])c1[2H]. The molecule has 2 heterocycles. The topological polar surface area (TPSA) is 38.7 Å². The number of fused-ring (bicyclic) bond motifs is 4. The summed E-state index contributed by atoms with van der Waals surface area (Å²) in [5.74, 6) is 1.61. The van der Waals surface area contributed by atoms with Gasteiger partial charge in [-0.3, -0.25) is 0 Å². The van der Waals surface area contributed by atoms with Crippen LogP contribution in [-0.2, 0) is 0 Å². The van der Waals surface area contributed by atoms with Gasteiger partial charge in [0.05, 0.1) is 6.85 Å². The van der Waals surface area contributed by atoms with Gasteiger partial charge in [0.1, 0.15) is 0 Å². The highest BCUT2D eigenvalue weighted by Crippen LogP contribution is 2.45. The zero-order valence-electron chi connectivity index (χ0n) is 30.0. The summed E-state index contributed by atoms with van der Waals surface area (Å²) in [6, 6.07) is 42.7. The van der Waals surface area contributed by atoms with Gasteiger partial charge in [-0.05, 0) is 51.7 Å². The molecule has 0 spiro atoms. The Morgan fingerprint density at radius 1 is 0.447 bits per heavy atom. The Bertz CT molecular complexity index is 2830. The minimum Gasteiger partial charge on any atom is -0.208 e. The molecule has 9 aromatic rings. The summed E-state index contributed by atoms with van der Waals surface area (Å²) in [7, 11) is 0. The maximum Gasteiger partial charge on any atom is 0.164 e. The zero-order chi connectivity index (χ0) is 35.5. The maximum absolute atomic E-state index is 8.90. The largest absolute Gasteiger partial charge is 0.208 e. The number of hydrogen-bond acceptors (Lipinski definition) is 4. The van der Waals surface area contributed by atoms with E-state index >= 15 is 0 Å². The van der Waals surface area contributed by atoms with Crippen LogP contribution in [-0.4, -0.2) is 15.0 Å². The molecule has 7 aromatic carbocycles. The first kappa shape index (κ1) is 22.5. The molecule has 0 saturated heterocycles. The number of nitrogens with zero attached hydrogens (tertiary/aromatic N) is 3. The van der Waals surface area contributed by atoms with Crippen molar-refractivity contribution in [2.45, 2.75) is 0 Å². The van der Waals surface area contributed by atoms with Crippen molar-refractivity contribution < 1.29 is 6.85 Å². The highest BCUT2D eigenvalue weighted by molar-refractivity contribution is 7.26. The molecule has 3 nitrogen and oxygen atoms in total. The summed E-state index contributed by atoms with van der Waals surface area (Å²) in [5.41, 5.74) is 5.11. The zero-order valence-corrected chi connectivity index (χ0v) is 25.8. The summed E-state index contributed by atoms with van der Waals surface area (Å²) >= 11 is 1.52. The van der Waals surface area contributed by atoms with Crippen LogP contribution in [0.2, 0.25) is 0 Å². The molecular weight excluding hydrogens is 591 g/mol. The summed E-state index contributed by atoms with van der Waals surface area (Å²) in [5, 5.41) is 4.02. The molecule has 2 aromatic heterocycles. The van der Waals surface area contributed by atoms with E-state index in [2.05, 4.69) is 30.3 Å². The molecule has 0 unspecified atom stereocenters. The van der Waals surface area contributed by atoms with Gasteiger partial charge in [0.15, 0.2) is 17.5 Å². The normalized spacial score (nSPS) is 12.9. The standard InChI is InChI=1S/C43H27N3S/c1-4-13-28(14-5-1)34-26-36(30-16-6-2-7-17-30)40-37(27-34)39-35(21-12-22-38(39)47-40)43-45-41(31-18-8-3-9-19-31)44-42(46-43)33-24-23-29-15-10-11-20-32(29)25-33/h1-27H/i2D,6D,7D,16D,17D. The Kier molecular flexibility index (Phi) is 5.48. The molecule has 4 heteroatoms. The highest BCUT2D eigenvalue weighted by atomic mass is 32.1. The van der Waals surface area contributed by atoms with E-state index in [1.54, 1.807) is 0 Å². The van der Waals surface area contributed by atoms with Crippen molar-refractivity contribution in [3.63, 3.8) is 0 Å². The Morgan fingerprint density at radius 2 is 1.13 bits per heavy atom. The third kappa shape index (κ3) is 4.96. The van der Waals surface area contributed by atoms with Crippen molar-refractivity contribution in [2.75, 3.05) is 0 Å². The van der Waals surface area contributed by atoms with E-state index in [-0.39, 0.29) is 29.7 Å². The van der Waals surface area contributed by atoms with E-state index in [1.807, 2.05) is 103 Å². The smallest absolute Gasteiger partial charge is 0.164 e. The average Bonchev–Trinajstić information content (AvgIpc) is 3.59. The van der Waals surface area contributed by atoms with E-state index in [0.717, 1.165) is 58.8 Å². The fraction of sp³-hybridized carbons (Fsp3) is 0. The average molecular weight is 623 g/mol. The van der Waals surface area contributed by atoms with Crippen molar-refractivity contribution in [3.05, 3.63) is 164 Å². The molecule has 47 heavy (non-hydrogen) atoms. The van der Waals surface area contributed by atoms with Crippen molar-refractivity contribution in [2.24, 2.45) is 0 Å². The second kappa shape index (κ2) is 11.4. The predicted molar refractivity (Wildman–Crippen MR) is 197 cm³/mol. The van der Waals surface area contributed by atoms with Crippen LogP contribution in [0.1, 0.15) is 6.85 Å². The number of benzene rings is 7. The minimum atomic E-state index is -0.417. The number of thiophene rings is 1. The Labute approximate surface area is 283 Å². The van der Waals surface area contributed by atoms with Crippen LogP contribution in [0.15, 0.2) is 164 Å².